The molecule has 0 N–H and O–H groups in total. The normalized spacial score (nSPS) is 13.5. The van der Waals surface area contributed by atoms with E-state index < -0.39 is 20.9 Å². The van der Waals surface area contributed by atoms with Crippen LogP contribution in [0.15, 0.2) is 36.4 Å². The van der Waals surface area contributed by atoms with Crippen molar-refractivity contribution in [2.45, 2.75) is 112 Å². The molecule has 0 amide bonds. The molecule has 0 radical (unpaired) electrons. The van der Waals surface area contributed by atoms with E-state index in [0.717, 1.165) is 35.3 Å². The Morgan fingerprint density at radius 2 is 1.42 bits per heavy atom. The minimum Gasteiger partial charge on any atom is -0.486 e. The van der Waals surface area contributed by atoms with Crippen LogP contribution in [0.3, 0.4) is 0 Å². The second-order valence-corrected chi connectivity index (χ2v) is 16.4. The Morgan fingerprint density at radius 1 is 0.860 bits per heavy atom. The summed E-state index contributed by atoms with van der Waals surface area (Å²) in [6.45, 7) is 19.8. The number of Topliss-reactive ketones (excluding diaryl/α,β-unsaturated/α-hetero) is 1. The Bertz CT molecular complexity index is 1370. The van der Waals surface area contributed by atoms with E-state index in [9.17, 15) is 18.0 Å². The van der Waals surface area contributed by atoms with Gasteiger partial charge in [0.25, 0.3) is 0 Å². The van der Waals surface area contributed by atoms with E-state index in [0.29, 0.717) is 12.8 Å². The number of esters is 1. The summed E-state index contributed by atoms with van der Waals surface area (Å²) in [5.74, 6) is 0.376. The largest absolute Gasteiger partial charge is 0.486 e. The fourth-order valence-corrected chi connectivity index (χ4v) is 6.27. The molecule has 1 atom stereocenters. The third kappa shape index (κ3) is 10.8. The average molecular weight is 615 g/mol. The number of aryl methyl sites for hydroxylation is 2. The Labute approximate surface area is 260 Å². The van der Waals surface area contributed by atoms with E-state index in [1.165, 1.54) is 17.4 Å². The molecule has 0 aliphatic rings. The molecule has 7 heteroatoms. The molecule has 0 aliphatic heterocycles. The van der Waals surface area contributed by atoms with Gasteiger partial charge in [0, 0.05) is 23.5 Å². The van der Waals surface area contributed by atoms with Gasteiger partial charge in [0.2, 0.25) is 0 Å². The van der Waals surface area contributed by atoms with Crippen LogP contribution < -0.4 is 4.74 Å². The van der Waals surface area contributed by atoms with Crippen molar-refractivity contribution in [2.75, 3.05) is 18.6 Å². The first-order valence-electron chi connectivity index (χ1n) is 15.5. The van der Waals surface area contributed by atoms with Gasteiger partial charge < -0.3 is 9.47 Å². The van der Waals surface area contributed by atoms with Gasteiger partial charge in [-0.25, -0.2) is 8.42 Å². The monoisotopic (exact) mass is 614 g/mol. The van der Waals surface area contributed by atoms with Crippen molar-refractivity contribution in [2.24, 2.45) is 11.3 Å². The van der Waals surface area contributed by atoms with Crippen molar-refractivity contribution in [3.63, 3.8) is 0 Å². The Balaban J connectivity index is 2.36. The van der Waals surface area contributed by atoms with Crippen molar-refractivity contribution in [1.82, 2.24) is 0 Å². The van der Waals surface area contributed by atoms with Crippen LogP contribution in [0, 0.1) is 25.2 Å². The molecule has 0 heterocycles. The van der Waals surface area contributed by atoms with Crippen LogP contribution in [0.25, 0.3) is 0 Å². The van der Waals surface area contributed by atoms with E-state index in [2.05, 4.69) is 51.1 Å². The Morgan fingerprint density at radius 3 is 1.88 bits per heavy atom. The van der Waals surface area contributed by atoms with Crippen molar-refractivity contribution >= 4 is 21.6 Å². The van der Waals surface area contributed by atoms with E-state index in [1.807, 2.05) is 54.5 Å². The Kier molecular flexibility index (Phi) is 12.2. The number of sulfone groups is 1. The predicted molar refractivity (Wildman–Crippen MR) is 176 cm³/mol. The lowest BCUT2D eigenvalue weighted by Gasteiger charge is -2.34. The minimum atomic E-state index is -3.16. The van der Waals surface area contributed by atoms with Crippen LogP contribution in [-0.4, -0.2) is 44.4 Å². The minimum absolute atomic E-state index is 0.0375. The van der Waals surface area contributed by atoms with Crippen LogP contribution in [0.2, 0.25) is 0 Å². The summed E-state index contributed by atoms with van der Waals surface area (Å²) in [6.07, 6.45) is 4.22. The summed E-state index contributed by atoms with van der Waals surface area (Å²) in [5, 5.41) is 0. The Hall–Kier alpha value is -2.67. The molecular formula is C36H54O6S. The van der Waals surface area contributed by atoms with Crippen molar-refractivity contribution in [1.29, 1.82) is 0 Å². The first kappa shape index (κ1) is 36.5. The highest BCUT2D eigenvalue weighted by Crippen LogP contribution is 2.41. The van der Waals surface area contributed by atoms with E-state index in [1.54, 1.807) is 0 Å². The number of ether oxygens (including phenoxy) is 2. The number of hydrogen-bond acceptors (Lipinski definition) is 6. The van der Waals surface area contributed by atoms with Crippen molar-refractivity contribution in [3.05, 3.63) is 64.2 Å². The molecule has 0 fully saturated rings. The molecular weight excluding hydrogens is 560 g/mol. The predicted octanol–water partition coefficient (Wildman–Crippen LogP) is 7.73. The lowest BCUT2D eigenvalue weighted by Crippen LogP contribution is -2.27. The molecule has 0 bridgehead atoms. The number of carbonyl (C=O) groups is 2. The van der Waals surface area contributed by atoms with E-state index in [4.69, 9.17) is 9.47 Å². The van der Waals surface area contributed by atoms with Gasteiger partial charge in [0.15, 0.2) is 5.78 Å². The zero-order valence-electron chi connectivity index (χ0n) is 28.3. The van der Waals surface area contributed by atoms with E-state index >= 15 is 0 Å². The van der Waals surface area contributed by atoms with Gasteiger partial charge in [-0.2, -0.15) is 0 Å². The summed E-state index contributed by atoms with van der Waals surface area (Å²) >= 11 is 0. The SMILES string of the molecule is CCC(CC)(c1ccc(C[C@@H](CCS(C)(=O)=O)CC(=O)OC(C)(C)C)c(C)c1)c1ccc(OCC(=O)C(C)(C)C)c(C)c1. The van der Waals surface area contributed by atoms with Crippen molar-refractivity contribution < 1.29 is 27.5 Å². The van der Waals surface area contributed by atoms with Gasteiger partial charge in [-0.15, -0.1) is 0 Å². The molecule has 0 saturated heterocycles. The van der Waals surface area contributed by atoms with E-state index in [-0.39, 0.29) is 41.9 Å². The highest BCUT2D eigenvalue weighted by molar-refractivity contribution is 7.90. The summed E-state index contributed by atoms with van der Waals surface area (Å²) in [7, 11) is -3.16. The molecule has 6 nitrogen and oxygen atoms in total. The first-order valence-corrected chi connectivity index (χ1v) is 17.5. The number of hydrogen-bond donors (Lipinski definition) is 0. The van der Waals surface area contributed by atoms with Crippen LogP contribution in [0.4, 0.5) is 0 Å². The van der Waals surface area contributed by atoms with Crippen molar-refractivity contribution in [3.8, 4) is 5.75 Å². The number of rotatable bonds is 14. The first-order chi connectivity index (χ1) is 19.7. The maximum Gasteiger partial charge on any atom is 0.306 e. The third-order valence-corrected chi connectivity index (χ3v) is 9.28. The quantitative estimate of drug-likeness (QED) is 0.203. The molecule has 0 aliphatic carbocycles. The highest BCUT2D eigenvalue weighted by Gasteiger charge is 2.32. The average Bonchev–Trinajstić information content (AvgIpc) is 2.87. The number of benzene rings is 2. The smallest absolute Gasteiger partial charge is 0.306 e. The number of carbonyl (C=O) groups excluding carboxylic acids is 2. The van der Waals surface area contributed by atoms with Crippen LogP contribution >= 0.6 is 0 Å². The van der Waals surface area contributed by atoms with Crippen LogP contribution in [0.1, 0.15) is 109 Å². The molecule has 2 rings (SSSR count). The second kappa shape index (κ2) is 14.4. The third-order valence-electron chi connectivity index (χ3n) is 8.31. The standard InChI is InChI=1S/C36H54O6S/c1-12-36(13-2,30-16-17-31(26(4)21-30)41-24-32(37)34(5,6)7)29-15-14-28(25(3)20-29)22-27(18-19-43(11,39)40)23-33(38)42-35(8,9)10/h14-17,20-21,27H,12-13,18-19,22-24H2,1-11H3/t27-/m1/s1. The molecule has 0 saturated carbocycles. The molecule has 2 aromatic rings. The number of ketones is 1. The lowest BCUT2D eigenvalue weighted by atomic mass is 9.69. The zero-order chi connectivity index (χ0) is 32.8. The van der Waals surface area contributed by atoms with Gasteiger partial charge in [-0.1, -0.05) is 65.0 Å². The molecule has 43 heavy (non-hydrogen) atoms. The zero-order valence-corrected chi connectivity index (χ0v) is 29.2. The molecule has 2 aromatic carbocycles. The molecule has 0 unspecified atom stereocenters. The maximum absolute atomic E-state index is 12.7. The summed E-state index contributed by atoms with van der Waals surface area (Å²) in [5.41, 5.74) is 4.40. The maximum atomic E-state index is 12.7. The summed E-state index contributed by atoms with van der Waals surface area (Å²) < 4.78 is 35.3. The highest BCUT2D eigenvalue weighted by atomic mass is 32.2. The van der Waals surface area contributed by atoms with Crippen LogP contribution in [0.5, 0.6) is 5.75 Å². The van der Waals surface area contributed by atoms with Gasteiger partial charge in [-0.05, 0) is 100 Å². The van der Waals surface area contributed by atoms with Gasteiger partial charge >= 0.3 is 5.97 Å². The van der Waals surface area contributed by atoms with Gasteiger partial charge in [0.1, 0.15) is 27.8 Å². The fraction of sp³-hybridized carbons (Fsp3) is 0.611. The molecule has 0 aromatic heterocycles. The molecule has 240 valence electrons. The van der Waals surface area contributed by atoms with Gasteiger partial charge in [0.05, 0.1) is 5.75 Å². The molecule has 0 spiro atoms. The summed E-state index contributed by atoms with van der Waals surface area (Å²) in [4.78, 5) is 25.1. The fourth-order valence-electron chi connectivity index (χ4n) is 5.51. The summed E-state index contributed by atoms with van der Waals surface area (Å²) in [6, 6.07) is 12.8. The topological polar surface area (TPSA) is 86.7 Å². The lowest BCUT2D eigenvalue weighted by molar-refractivity contribution is -0.156. The van der Waals surface area contributed by atoms with Crippen LogP contribution in [-0.2, 0) is 36.0 Å². The second-order valence-electron chi connectivity index (χ2n) is 14.2. The van der Waals surface area contributed by atoms with Gasteiger partial charge in [-0.3, -0.25) is 9.59 Å².